The molecule has 1 fully saturated rings. The van der Waals surface area contributed by atoms with E-state index in [4.69, 9.17) is 10.00 Å². The van der Waals surface area contributed by atoms with Gasteiger partial charge in [0, 0.05) is 0 Å². The first-order chi connectivity index (χ1) is 11.7. The van der Waals surface area contributed by atoms with Crippen LogP contribution in [0.5, 0.6) is 0 Å². The fourth-order valence-corrected chi connectivity index (χ4v) is 3.38. The third-order valence-electron chi connectivity index (χ3n) is 4.85. The highest BCUT2D eigenvalue weighted by Crippen LogP contribution is 2.30. The largest absolute Gasteiger partial charge is 0.374 e. The first kappa shape index (κ1) is 18.7. The standard InChI is InChI=1S/C21H28FNO/c1-2-4-17-7-9-19(10-8-17)16-24-21-13-11-18(12-14-21)5-3-6-20(22)15-23/h6-10,18,21H,2-5,11-14,16H2,1H3/t18-,21-. The predicted octanol–water partition coefficient (Wildman–Crippen LogP) is 5.87. The summed E-state index contributed by atoms with van der Waals surface area (Å²) < 4.78 is 18.8. The lowest BCUT2D eigenvalue weighted by atomic mass is 9.84. The first-order valence-electron chi connectivity index (χ1n) is 9.16. The van der Waals surface area contributed by atoms with Gasteiger partial charge in [-0.05, 0) is 68.1 Å². The van der Waals surface area contributed by atoms with Crippen molar-refractivity contribution in [2.24, 2.45) is 5.92 Å². The van der Waals surface area contributed by atoms with Gasteiger partial charge in [0.05, 0.1) is 12.7 Å². The second-order valence-electron chi connectivity index (χ2n) is 6.76. The second kappa shape index (κ2) is 10.3. The van der Waals surface area contributed by atoms with Crippen LogP contribution in [-0.4, -0.2) is 6.10 Å². The van der Waals surface area contributed by atoms with Crippen molar-refractivity contribution < 1.29 is 9.13 Å². The van der Waals surface area contributed by atoms with Crippen molar-refractivity contribution in [1.29, 1.82) is 5.26 Å². The van der Waals surface area contributed by atoms with Crippen LogP contribution in [0.2, 0.25) is 0 Å². The number of ether oxygens (including phenoxy) is 1. The lowest BCUT2D eigenvalue weighted by Gasteiger charge is -2.28. The Morgan fingerprint density at radius 2 is 1.88 bits per heavy atom. The van der Waals surface area contributed by atoms with Gasteiger partial charge in [0.15, 0.2) is 5.83 Å². The van der Waals surface area contributed by atoms with E-state index < -0.39 is 5.83 Å². The summed E-state index contributed by atoms with van der Waals surface area (Å²) in [5.74, 6) is -0.0158. The van der Waals surface area contributed by atoms with Crippen LogP contribution in [0.15, 0.2) is 36.2 Å². The minimum absolute atomic E-state index is 0.350. The van der Waals surface area contributed by atoms with Gasteiger partial charge in [-0.1, -0.05) is 37.6 Å². The Hall–Kier alpha value is -1.66. The number of nitrogens with zero attached hydrogens (tertiary/aromatic N) is 1. The van der Waals surface area contributed by atoms with Crippen LogP contribution in [0.1, 0.15) is 63.0 Å². The van der Waals surface area contributed by atoms with E-state index in [1.54, 1.807) is 0 Å². The molecule has 1 aromatic carbocycles. The molecule has 0 atom stereocenters. The third-order valence-corrected chi connectivity index (χ3v) is 4.85. The van der Waals surface area contributed by atoms with Crippen LogP contribution in [-0.2, 0) is 17.8 Å². The van der Waals surface area contributed by atoms with Crippen molar-refractivity contribution in [2.45, 2.75) is 71.0 Å². The van der Waals surface area contributed by atoms with Gasteiger partial charge in [-0.3, -0.25) is 0 Å². The van der Waals surface area contributed by atoms with Crippen LogP contribution < -0.4 is 0 Å². The first-order valence-corrected chi connectivity index (χ1v) is 9.16. The summed E-state index contributed by atoms with van der Waals surface area (Å²) in [6, 6.07) is 10.3. The molecule has 1 saturated carbocycles. The molecule has 0 unspecified atom stereocenters. The minimum Gasteiger partial charge on any atom is -0.374 e. The highest BCUT2D eigenvalue weighted by molar-refractivity contribution is 5.22. The van der Waals surface area contributed by atoms with Crippen molar-refractivity contribution in [3.05, 3.63) is 47.3 Å². The molecule has 0 aliphatic heterocycles. The normalized spacial score (nSPS) is 21.5. The van der Waals surface area contributed by atoms with Gasteiger partial charge in [0.1, 0.15) is 6.07 Å². The Kier molecular flexibility index (Phi) is 7.98. The number of allylic oxidation sites excluding steroid dienone is 2. The van der Waals surface area contributed by atoms with E-state index in [0.717, 1.165) is 38.5 Å². The van der Waals surface area contributed by atoms with Crippen molar-refractivity contribution >= 4 is 0 Å². The molecule has 0 heterocycles. The van der Waals surface area contributed by atoms with Crippen molar-refractivity contribution in [2.75, 3.05) is 0 Å². The summed E-state index contributed by atoms with van der Waals surface area (Å²) in [5, 5.41) is 8.39. The molecular weight excluding hydrogens is 301 g/mol. The average Bonchev–Trinajstić information content (AvgIpc) is 2.62. The van der Waals surface area contributed by atoms with E-state index in [2.05, 4.69) is 31.2 Å². The molecule has 0 amide bonds. The molecule has 1 aromatic rings. The molecule has 1 aliphatic rings. The maximum atomic E-state index is 12.8. The number of halogens is 1. The van der Waals surface area contributed by atoms with Crippen LogP contribution in [0.4, 0.5) is 4.39 Å². The quantitative estimate of drug-likeness (QED) is 0.559. The topological polar surface area (TPSA) is 33.0 Å². The van der Waals surface area contributed by atoms with Gasteiger partial charge >= 0.3 is 0 Å². The summed E-state index contributed by atoms with van der Waals surface area (Å²) in [4.78, 5) is 0. The van der Waals surface area contributed by atoms with Gasteiger partial charge in [0.2, 0.25) is 0 Å². The SMILES string of the molecule is CCCc1ccc(CO[C@H]2CC[C@H](CCC=C(F)C#N)CC2)cc1. The lowest BCUT2D eigenvalue weighted by Crippen LogP contribution is -2.21. The Bertz CT molecular complexity index is 550. The molecule has 0 N–H and O–H groups in total. The van der Waals surface area contributed by atoms with Crippen LogP contribution in [0.3, 0.4) is 0 Å². The molecule has 3 heteroatoms. The van der Waals surface area contributed by atoms with Gasteiger partial charge in [-0.2, -0.15) is 9.65 Å². The molecular formula is C21H28FNO. The molecule has 130 valence electrons. The Labute approximate surface area is 145 Å². The zero-order chi connectivity index (χ0) is 17.2. The summed E-state index contributed by atoms with van der Waals surface area (Å²) in [6.45, 7) is 2.89. The van der Waals surface area contributed by atoms with E-state index in [1.807, 2.05) is 0 Å². The summed E-state index contributed by atoms with van der Waals surface area (Å²) in [5.41, 5.74) is 2.64. The van der Waals surface area contributed by atoms with Gasteiger partial charge in [-0.25, -0.2) is 0 Å². The Balaban J connectivity index is 1.65. The molecule has 0 aromatic heterocycles. The van der Waals surface area contributed by atoms with E-state index in [-0.39, 0.29) is 0 Å². The Morgan fingerprint density at radius 1 is 1.21 bits per heavy atom. The lowest BCUT2D eigenvalue weighted by molar-refractivity contribution is 0.00645. The van der Waals surface area contributed by atoms with Crippen molar-refractivity contribution in [3.8, 4) is 6.07 Å². The maximum absolute atomic E-state index is 12.8. The fourth-order valence-electron chi connectivity index (χ4n) is 3.38. The maximum Gasteiger partial charge on any atom is 0.196 e. The molecule has 0 radical (unpaired) electrons. The number of hydrogen-bond acceptors (Lipinski definition) is 2. The Morgan fingerprint density at radius 3 is 2.50 bits per heavy atom. The third kappa shape index (κ3) is 6.45. The molecule has 24 heavy (non-hydrogen) atoms. The van der Waals surface area contributed by atoms with E-state index in [9.17, 15) is 4.39 Å². The number of aryl methyl sites for hydroxylation is 1. The summed E-state index contributed by atoms with van der Waals surface area (Å²) in [7, 11) is 0. The van der Waals surface area contributed by atoms with Crippen molar-refractivity contribution in [1.82, 2.24) is 0 Å². The number of hydrogen-bond donors (Lipinski definition) is 0. The van der Waals surface area contributed by atoms with Crippen LogP contribution in [0.25, 0.3) is 0 Å². The average molecular weight is 329 g/mol. The number of benzene rings is 1. The molecule has 0 spiro atoms. The van der Waals surface area contributed by atoms with Gasteiger partial charge in [0.25, 0.3) is 0 Å². The fraction of sp³-hybridized carbons (Fsp3) is 0.571. The zero-order valence-corrected chi connectivity index (χ0v) is 14.6. The highest BCUT2D eigenvalue weighted by Gasteiger charge is 2.21. The monoisotopic (exact) mass is 329 g/mol. The predicted molar refractivity (Wildman–Crippen MR) is 95.0 cm³/mol. The number of nitriles is 1. The van der Waals surface area contributed by atoms with Crippen LogP contribution in [0, 0.1) is 17.2 Å². The highest BCUT2D eigenvalue weighted by atomic mass is 19.1. The molecule has 1 aliphatic carbocycles. The van der Waals surface area contributed by atoms with Crippen molar-refractivity contribution in [3.63, 3.8) is 0 Å². The molecule has 0 saturated heterocycles. The van der Waals surface area contributed by atoms with Gasteiger partial charge in [-0.15, -0.1) is 0 Å². The number of rotatable bonds is 8. The minimum atomic E-state index is -0.656. The second-order valence-corrected chi connectivity index (χ2v) is 6.76. The zero-order valence-electron chi connectivity index (χ0n) is 14.6. The van der Waals surface area contributed by atoms with E-state index in [1.165, 1.54) is 29.7 Å². The molecule has 2 nitrogen and oxygen atoms in total. The molecule has 0 bridgehead atoms. The van der Waals surface area contributed by atoms with Gasteiger partial charge < -0.3 is 4.74 Å². The van der Waals surface area contributed by atoms with E-state index in [0.29, 0.717) is 25.0 Å². The smallest absolute Gasteiger partial charge is 0.196 e. The van der Waals surface area contributed by atoms with Crippen LogP contribution >= 0.6 is 0 Å². The summed E-state index contributed by atoms with van der Waals surface area (Å²) >= 11 is 0. The molecule has 2 rings (SSSR count). The summed E-state index contributed by atoms with van der Waals surface area (Å²) in [6.07, 6.45) is 10.2. The van der Waals surface area contributed by atoms with E-state index >= 15 is 0 Å².